The SMILES string of the molecule is CC(C)(C)OC([NH-])=O.O=[C-]N1CCCCCCCCC1.[Y].[Y].[Y].[Y]. The minimum Gasteiger partial charge on any atom is -0.632 e. The largest absolute Gasteiger partial charge is 0.632 e. The zero-order valence-corrected chi connectivity index (χ0v) is 26.7. The van der Waals surface area contributed by atoms with E-state index in [1.54, 1.807) is 25.7 Å². The molecule has 1 rings (SSSR count). The number of rotatable bonds is 1. The maximum Gasteiger partial charge on any atom is 0.227 e. The standard InChI is InChI=1S/C10H18NO.C5H11NO2.4Y/c12-10-11-8-6-4-2-1-3-5-7-9-11;1-5(2,3)8-4(6)7;;;;/h1-9H2;1-3H3,(H2,6,7);;;;/q-1;;;;;/p-1. The van der Waals surface area contributed by atoms with Crippen molar-refractivity contribution in [2.24, 2.45) is 0 Å². The normalized spacial score (nSPS) is 14.5. The number of carbonyl (C=O) groups excluding carboxylic acids is 2. The van der Waals surface area contributed by atoms with Crippen LogP contribution >= 0.6 is 0 Å². The molecule has 0 unspecified atom stereocenters. The van der Waals surface area contributed by atoms with E-state index in [0.29, 0.717) is 0 Å². The van der Waals surface area contributed by atoms with Gasteiger partial charge in [-0.3, -0.25) is 4.79 Å². The van der Waals surface area contributed by atoms with E-state index in [2.05, 4.69) is 4.74 Å². The minimum absolute atomic E-state index is 0. The van der Waals surface area contributed by atoms with Gasteiger partial charge >= 0.3 is 0 Å². The average molecular weight is 640 g/mol. The topological polar surface area (TPSA) is 70.4 Å². The first-order valence-electron chi connectivity index (χ1n) is 7.42. The molecule has 5 nitrogen and oxygen atoms in total. The van der Waals surface area contributed by atoms with Crippen LogP contribution in [0.1, 0.15) is 65.7 Å². The van der Waals surface area contributed by atoms with E-state index in [0.717, 1.165) is 25.9 Å². The van der Waals surface area contributed by atoms with Gasteiger partial charge in [0.25, 0.3) is 0 Å². The molecule has 0 aromatic rings. The zero-order chi connectivity index (χ0) is 15.4. The fourth-order valence-corrected chi connectivity index (χ4v) is 1.97. The second-order valence-electron chi connectivity index (χ2n) is 6.06. The number of hydrogen-bond acceptors (Lipinski definition) is 3. The van der Waals surface area contributed by atoms with E-state index in [1.807, 2.05) is 6.41 Å². The quantitative estimate of drug-likeness (QED) is 0.407. The third-order valence-corrected chi connectivity index (χ3v) is 2.88. The number of hydrogen-bond donors (Lipinski definition) is 0. The van der Waals surface area contributed by atoms with Crippen LogP contribution in [-0.4, -0.2) is 36.1 Å². The molecule has 1 fully saturated rings. The first kappa shape index (κ1) is 37.8. The van der Waals surface area contributed by atoms with E-state index in [1.165, 1.54) is 32.1 Å². The summed E-state index contributed by atoms with van der Waals surface area (Å²) < 4.78 is 4.47. The van der Waals surface area contributed by atoms with Crippen LogP contribution in [0.15, 0.2) is 0 Å². The monoisotopic (exact) mass is 640 g/mol. The van der Waals surface area contributed by atoms with E-state index in [9.17, 15) is 9.59 Å². The summed E-state index contributed by atoms with van der Waals surface area (Å²) >= 11 is 0. The van der Waals surface area contributed by atoms with Crippen LogP contribution in [0.3, 0.4) is 0 Å². The Morgan fingerprint density at radius 2 is 1.21 bits per heavy atom. The Bertz CT molecular complexity index is 280. The van der Waals surface area contributed by atoms with Crippen LogP contribution in [-0.2, 0) is 140 Å². The van der Waals surface area contributed by atoms with Crippen LogP contribution in [0.5, 0.6) is 0 Å². The molecule has 1 heterocycles. The first-order valence-corrected chi connectivity index (χ1v) is 7.42. The van der Waals surface area contributed by atoms with Gasteiger partial charge in [-0.05, 0) is 46.7 Å². The van der Waals surface area contributed by atoms with Crippen LogP contribution in [0.25, 0.3) is 5.73 Å². The fraction of sp³-hybridized carbons (Fsp3) is 0.867. The molecule has 24 heavy (non-hydrogen) atoms. The van der Waals surface area contributed by atoms with Crippen molar-refractivity contribution in [3.05, 3.63) is 5.73 Å². The van der Waals surface area contributed by atoms with Gasteiger partial charge in [-0.15, -0.1) is 0 Å². The summed E-state index contributed by atoms with van der Waals surface area (Å²) in [5.74, 6) is 0. The van der Waals surface area contributed by atoms with Gasteiger partial charge in [-0.1, -0.05) is 32.1 Å². The minimum atomic E-state index is -0.975. The Hall–Kier alpha value is 3.16. The van der Waals surface area contributed by atoms with Crippen LogP contribution in [0, 0.1) is 0 Å². The maximum absolute atomic E-state index is 10.4. The Morgan fingerprint density at radius 3 is 1.42 bits per heavy atom. The van der Waals surface area contributed by atoms with Gasteiger partial charge in [0.2, 0.25) is 6.09 Å². The van der Waals surface area contributed by atoms with Crippen molar-refractivity contribution in [1.82, 2.24) is 4.90 Å². The Balaban J connectivity index is -0.0000000910. The molecule has 4 radical (unpaired) electrons. The van der Waals surface area contributed by atoms with Crippen molar-refractivity contribution in [3.63, 3.8) is 0 Å². The van der Waals surface area contributed by atoms with Crippen LogP contribution in [0.4, 0.5) is 4.79 Å². The summed E-state index contributed by atoms with van der Waals surface area (Å²) in [4.78, 5) is 22.1. The van der Waals surface area contributed by atoms with Crippen molar-refractivity contribution < 1.29 is 145 Å². The molecule has 9 heteroatoms. The summed E-state index contributed by atoms with van der Waals surface area (Å²) in [6.45, 7) is 7.01. The van der Waals surface area contributed by atoms with Crippen LogP contribution < -0.4 is 0 Å². The third kappa shape index (κ3) is 29.9. The molecule has 2 amide bonds. The summed E-state index contributed by atoms with van der Waals surface area (Å²) in [6.07, 6.45) is 9.96. The van der Waals surface area contributed by atoms with E-state index < -0.39 is 11.7 Å². The maximum atomic E-state index is 10.4. The Kier molecular flexibility index (Phi) is 38.2. The number of ether oxygens (including phenoxy) is 1. The van der Waals surface area contributed by atoms with Gasteiger partial charge in [-0.2, -0.15) is 6.41 Å². The van der Waals surface area contributed by atoms with Gasteiger partial charge < -0.3 is 20.2 Å². The molecule has 1 aliphatic heterocycles. The number of carbonyl (C=O) groups is 1. The van der Waals surface area contributed by atoms with Crippen molar-refractivity contribution in [2.75, 3.05) is 13.1 Å². The molecule has 130 valence electrons. The predicted octanol–water partition coefficient (Wildman–Crippen LogP) is 4.06. The Morgan fingerprint density at radius 1 is 0.875 bits per heavy atom. The van der Waals surface area contributed by atoms with Crippen molar-refractivity contribution >= 4 is 12.5 Å². The molecule has 1 saturated heterocycles. The molecule has 0 saturated carbocycles. The molecule has 0 spiro atoms. The number of amides is 2. The number of nitrogens with zero attached hydrogens (tertiary/aromatic N) is 1. The van der Waals surface area contributed by atoms with Gasteiger partial charge in [0.05, 0.1) is 0 Å². The molecule has 1 N–H and O–H groups in total. The molecular formula is C15H28N2O3Y4-2. The van der Waals surface area contributed by atoms with Crippen molar-refractivity contribution in [3.8, 4) is 0 Å². The molecule has 1 aliphatic rings. The average Bonchev–Trinajstić information content (AvgIpc) is 2.33. The summed E-state index contributed by atoms with van der Waals surface area (Å²) in [5.41, 5.74) is 5.86. The predicted molar refractivity (Wildman–Crippen MR) is 80.1 cm³/mol. The first-order chi connectivity index (χ1) is 9.35. The summed E-state index contributed by atoms with van der Waals surface area (Å²) in [6, 6.07) is 0. The molecule has 0 aromatic heterocycles. The second-order valence-corrected chi connectivity index (χ2v) is 6.06. The Labute approximate surface area is 248 Å². The summed E-state index contributed by atoms with van der Waals surface area (Å²) in [5, 5.41) is 0. The van der Waals surface area contributed by atoms with Gasteiger partial charge in [0.1, 0.15) is 5.60 Å². The fourth-order valence-electron chi connectivity index (χ4n) is 1.97. The third-order valence-electron chi connectivity index (χ3n) is 2.88. The van der Waals surface area contributed by atoms with Gasteiger partial charge in [0, 0.05) is 131 Å². The molecule has 0 bridgehead atoms. The van der Waals surface area contributed by atoms with E-state index >= 15 is 0 Å². The summed E-state index contributed by atoms with van der Waals surface area (Å²) in [7, 11) is 0. The number of nitrogens with one attached hydrogen (secondary N) is 1. The van der Waals surface area contributed by atoms with Crippen molar-refractivity contribution in [2.45, 2.75) is 71.3 Å². The van der Waals surface area contributed by atoms with E-state index in [4.69, 9.17) is 5.73 Å². The van der Waals surface area contributed by atoms with Gasteiger partial charge in [-0.25, -0.2) is 0 Å². The molecule has 0 aromatic carbocycles. The van der Waals surface area contributed by atoms with Crippen LogP contribution in [0.2, 0.25) is 0 Å². The molecule has 0 atom stereocenters. The second kappa shape index (κ2) is 24.2. The zero-order valence-electron chi connectivity index (χ0n) is 15.3. The molecule has 0 aliphatic carbocycles. The molecular weight excluding hydrogens is 612 g/mol. The van der Waals surface area contributed by atoms with E-state index in [-0.39, 0.29) is 131 Å². The smallest absolute Gasteiger partial charge is 0.227 e. The van der Waals surface area contributed by atoms with Crippen molar-refractivity contribution in [1.29, 1.82) is 0 Å². The van der Waals surface area contributed by atoms with Gasteiger partial charge in [0.15, 0.2) is 0 Å².